The van der Waals surface area contributed by atoms with Gasteiger partial charge >= 0.3 is 12.1 Å². The molecule has 0 radical (unpaired) electrons. The Morgan fingerprint density at radius 1 is 1.38 bits per heavy atom. The summed E-state index contributed by atoms with van der Waals surface area (Å²) in [5.41, 5.74) is -3.05. The van der Waals surface area contributed by atoms with Gasteiger partial charge in [-0.15, -0.1) is 0 Å². The fraction of sp³-hybridized carbons (Fsp3) is 0.273. The van der Waals surface area contributed by atoms with E-state index in [-0.39, 0.29) is 3.57 Å². The van der Waals surface area contributed by atoms with E-state index in [1.54, 1.807) is 0 Å². The average Bonchev–Trinajstić information content (AvgIpc) is 2.37. The summed E-state index contributed by atoms with van der Waals surface area (Å²) in [4.78, 5) is 32.3. The topological polar surface area (TPSA) is 86.5 Å². The van der Waals surface area contributed by atoms with Crippen LogP contribution in [0.4, 0.5) is 18.9 Å². The van der Waals surface area contributed by atoms with Crippen molar-refractivity contribution >= 4 is 40.0 Å². The molecular formula is C11H7F3INO5. The number of hydrogen-bond donors (Lipinski definition) is 0. The van der Waals surface area contributed by atoms with E-state index in [9.17, 15) is 32.9 Å². The molecule has 10 heteroatoms. The molecule has 0 saturated heterocycles. The predicted octanol–water partition coefficient (Wildman–Crippen LogP) is 2.50. The van der Waals surface area contributed by atoms with Gasteiger partial charge < -0.3 is 4.74 Å². The zero-order valence-corrected chi connectivity index (χ0v) is 12.5. The maximum atomic E-state index is 13.0. The van der Waals surface area contributed by atoms with E-state index in [0.29, 0.717) is 6.07 Å². The first kappa shape index (κ1) is 17.3. The number of hydrogen-bond acceptors (Lipinski definition) is 5. The monoisotopic (exact) mass is 417 g/mol. The number of benzene rings is 1. The molecule has 1 rings (SSSR count). The fourth-order valence-electron chi connectivity index (χ4n) is 1.57. The van der Waals surface area contributed by atoms with Gasteiger partial charge in [-0.25, -0.2) is 4.79 Å². The number of esters is 1. The third-order valence-corrected chi connectivity index (χ3v) is 3.07. The highest BCUT2D eigenvalue weighted by Gasteiger charge is 2.38. The van der Waals surface area contributed by atoms with Gasteiger partial charge in [0, 0.05) is 9.64 Å². The van der Waals surface area contributed by atoms with Crippen LogP contribution in [0.3, 0.4) is 0 Å². The molecule has 0 aliphatic heterocycles. The molecule has 0 spiro atoms. The van der Waals surface area contributed by atoms with Gasteiger partial charge in [0.25, 0.3) is 5.69 Å². The number of carbonyl (C=O) groups excluding carboxylic acids is 2. The molecule has 114 valence electrons. The van der Waals surface area contributed by atoms with Crippen molar-refractivity contribution in [2.75, 3.05) is 7.11 Å². The lowest BCUT2D eigenvalue weighted by Crippen LogP contribution is -2.21. The van der Waals surface area contributed by atoms with Gasteiger partial charge in [0.05, 0.1) is 29.6 Å². The number of carbonyl (C=O) groups is 2. The van der Waals surface area contributed by atoms with Crippen LogP contribution in [0.15, 0.2) is 12.1 Å². The van der Waals surface area contributed by atoms with E-state index in [0.717, 1.165) is 13.2 Å². The summed E-state index contributed by atoms with van der Waals surface area (Å²) < 4.78 is 42.9. The number of nitrogens with zero attached hydrogens (tertiary/aromatic N) is 1. The summed E-state index contributed by atoms with van der Waals surface area (Å²) in [7, 11) is 0.882. The van der Waals surface area contributed by atoms with Gasteiger partial charge in [-0.3, -0.25) is 14.9 Å². The second-order valence-electron chi connectivity index (χ2n) is 3.80. The lowest BCUT2D eigenvalue weighted by atomic mass is 9.99. The van der Waals surface area contributed by atoms with Crippen LogP contribution in [0.2, 0.25) is 0 Å². The van der Waals surface area contributed by atoms with Crippen LogP contribution < -0.4 is 0 Å². The first-order valence-electron chi connectivity index (χ1n) is 5.23. The lowest BCUT2D eigenvalue weighted by molar-refractivity contribution is -0.385. The van der Waals surface area contributed by atoms with Crippen molar-refractivity contribution in [2.24, 2.45) is 0 Å². The van der Waals surface area contributed by atoms with Crippen molar-refractivity contribution in [3.8, 4) is 0 Å². The van der Waals surface area contributed by atoms with Gasteiger partial charge in [-0.05, 0) is 28.7 Å². The number of ketones is 1. The number of nitro groups is 1. The predicted molar refractivity (Wildman–Crippen MR) is 71.5 cm³/mol. The number of halogens is 4. The summed E-state index contributed by atoms with van der Waals surface area (Å²) >= 11 is 1.49. The Morgan fingerprint density at radius 2 is 1.95 bits per heavy atom. The van der Waals surface area contributed by atoms with E-state index < -0.39 is 46.1 Å². The quantitative estimate of drug-likeness (QED) is 0.247. The van der Waals surface area contributed by atoms with E-state index in [1.165, 1.54) is 22.6 Å². The van der Waals surface area contributed by atoms with Crippen molar-refractivity contribution in [3.05, 3.63) is 36.9 Å². The molecule has 21 heavy (non-hydrogen) atoms. The highest BCUT2D eigenvalue weighted by atomic mass is 127. The Balaban J connectivity index is 3.48. The minimum Gasteiger partial charge on any atom is -0.463 e. The van der Waals surface area contributed by atoms with Crippen LogP contribution in [0.5, 0.6) is 0 Å². The van der Waals surface area contributed by atoms with Crippen LogP contribution in [0.1, 0.15) is 11.1 Å². The Hall–Kier alpha value is -1.72. The number of ether oxygens (including phenoxy) is 1. The summed E-state index contributed by atoms with van der Waals surface area (Å²) in [6.45, 7) is 0. The average molecular weight is 417 g/mol. The Bertz CT molecular complexity index is 615. The zero-order valence-electron chi connectivity index (χ0n) is 10.4. The molecule has 6 nitrogen and oxygen atoms in total. The van der Waals surface area contributed by atoms with Gasteiger partial charge in [0.2, 0.25) is 5.78 Å². The van der Waals surface area contributed by atoms with Gasteiger partial charge in [0.1, 0.15) is 0 Å². The molecule has 0 unspecified atom stereocenters. The molecule has 1 aromatic rings. The Labute approximate surface area is 129 Å². The highest BCUT2D eigenvalue weighted by molar-refractivity contribution is 14.1. The van der Waals surface area contributed by atoms with E-state index in [4.69, 9.17) is 0 Å². The molecule has 0 saturated carbocycles. The molecule has 0 bridgehead atoms. The molecule has 0 atom stereocenters. The second-order valence-corrected chi connectivity index (χ2v) is 5.04. The minimum atomic E-state index is -4.89. The smallest absolute Gasteiger partial charge is 0.416 e. The second kappa shape index (κ2) is 6.37. The fourth-order valence-corrected chi connectivity index (χ4v) is 2.18. The molecule has 1 aromatic carbocycles. The Morgan fingerprint density at radius 3 is 2.38 bits per heavy atom. The third-order valence-electron chi connectivity index (χ3n) is 2.44. The Kier molecular flexibility index (Phi) is 5.25. The normalized spacial score (nSPS) is 11.1. The van der Waals surface area contributed by atoms with Crippen molar-refractivity contribution in [2.45, 2.75) is 12.6 Å². The molecule has 0 heterocycles. The molecule has 0 aliphatic carbocycles. The van der Waals surface area contributed by atoms with Gasteiger partial charge in [-0.2, -0.15) is 13.2 Å². The van der Waals surface area contributed by atoms with E-state index in [2.05, 4.69) is 4.74 Å². The molecule has 0 amide bonds. The number of rotatable bonds is 4. The maximum absolute atomic E-state index is 13.0. The van der Waals surface area contributed by atoms with Crippen LogP contribution in [0, 0.1) is 13.7 Å². The first-order valence-corrected chi connectivity index (χ1v) is 6.31. The number of nitro benzene ring substituents is 1. The minimum absolute atomic E-state index is 0.0131. The van der Waals surface area contributed by atoms with E-state index >= 15 is 0 Å². The van der Waals surface area contributed by atoms with Crippen LogP contribution >= 0.6 is 22.6 Å². The molecule has 0 N–H and O–H groups in total. The van der Waals surface area contributed by atoms with Crippen molar-refractivity contribution in [1.29, 1.82) is 0 Å². The summed E-state index contributed by atoms with van der Waals surface area (Å²) in [6.07, 6.45) is -5.95. The van der Waals surface area contributed by atoms with Crippen molar-refractivity contribution in [3.63, 3.8) is 0 Å². The van der Waals surface area contributed by atoms with Crippen molar-refractivity contribution < 1.29 is 32.4 Å². The number of alkyl halides is 3. The summed E-state index contributed by atoms with van der Waals surface area (Å²) in [5, 5.41) is 10.9. The zero-order chi connectivity index (χ0) is 16.4. The first-order chi connectivity index (χ1) is 9.57. The van der Waals surface area contributed by atoms with Crippen LogP contribution in [-0.4, -0.2) is 23.8 Å². The SMILES string of the molecule is COC(=O)C(=O)Cc1c([N+](=O)[O-])cc(I)cc1C(F)(F)F. The molecule has 0 aromatic heterocycles. The van der Waals surface area contributed by atoms with Crippen LogP contribution in [-0.2, 0) is 26.9 Å². The third kappa shape index (κ3) is 4.12. The standard InChI is InChI=1S/C11H7F3INO5/c1-21-10(18)9(17)4-6-7(11(12,13)14)2-5(15)3-8(6)16(19)20/h2-3H,4H2,1H3. The number of Topliss-reactive ketones (excluding diaryl/α,β-unsaturated/α-hetero) is 1. The summed E-state index contributed by atoms with van der Waals surface area (Å²) in [5.74, 6) is -2.66. The summed E-state index contributed by atoms with van der Waals surface area (Å²) in [6, 6.07) is 1.57. The maximum Gasteiger partial charge on any atom is 0.416 e. The lowest BCUT2D eigenvalue weighted by Gasteiger charge is -2.13. The number of methoxy groups -OCH3 is 1. The van der Waals surface area contributed by atoms with Crippen LogP contribution in [0.25, 0.3) is 0 Å². The van der Waals surface area contributed by atoms with Gasteiger partial charge in [0.15, 0.2) is 0 Å². The van der Waals surface area contributed by atoms with E-state index in [1.807, 2.05) is 0 Å². The van der Waals surface area contributed by atoms with Gasteiger partial charge in [-0.1, -0.05) is 0 Å². The molecule has 0 aliphatic rings. The van der Waals surface area contributed by atoms with Crippen molar-refractivity contribution in [1.82, 2.24) is 0 Å². The molecular weight excluding hydrogens is 410 g/mol. The largest absolute Gasteiger partial charge is 0.463 e. The highest BCUT2D eigenvalue weighted by Crippen LogP contribution is 2.37. The molecule has 0 fully saturated rings.